The minimum absolute atomic E-state index is 0. The minimum Gasteiger partial charge on any atom is -0.508 e. The van der Waals surface area contributed by atoms with Crippen molar-refractivity contribution in [2.45, 2.75) is 32.4 Å². The van der Waals surface area contributed by atoms with Crippen molar-refractivity contribution in [2.24, 2.45) is 0 Å². The monoisotopic (exact) mass is 477 g/mol. The number of aromatic nitrogens is 2. The molecule has 5 rings (SSSR count). The van der Waals surface area contributed by atoms with E-state index in [0.717, 1.165) is 47.0 Å². The van der Waals surface area contributed by atoms with Crippen LogP contribution >= 0.6 is 17.0 Å². The zero-order valence-electron chi connectivity index (χ0n) is 17.0. The van der Waals surface area contributed by atoms with Crippen molar-refractivity contribution in [1.29, 1.82) is 5.41 Å². The standard InChI is InChI=1S/C25H23N3O2.BrH/c26-25-27(15-17-7-2-1-3-8-17)21-11-4-5-12-22(21)28(25)16-24(30)20-13-14-23(29)19-10-6-9-18(19)20;/h1-5,7-8,11-14,26,29H,6,9-10,15-16H2;1H. The Morgan fingerprint density at radius 2 is 1.52 bits per heavy atom. The lowest BCUT2D eigenvalue weighted by atomic mass is 9.99. The van der Waals surface area contributed by atoms with Gasteiger partial charge in [-0.25, -0.2) is 0 Å². The number of hydrogen-bond donors (Lipinski definition) is 2. The molecule has 0 aliphatic heterocycles. The molecule has 0 saturated carbocycles. The number of halogens is 1. The van der Waals surface area contributed by atoms with E-state index in [0.29, 0.717) is 17.7 Å². The summed E-state index contributed by atoms with van der Waals surface area (Å²) in [5.74, 6) is 0.265. The Labute approximate surface area is 190 Å². The highest BCUT2D eigenvalue weighted by atomic mass is 79.9. The van der Waals surface area contributed by atoms with Crippen LogP contribution in [0.3, 0.4) is 0 Å². The van der Waals surface area contributed by atoms with Gasteiger partial charge in [-0.3, -0.25) is 10.2 Å². The van der Waals surface area contributed by atoms with E-state index >= 15 is 0 Å². The van der Waals surface area contributed by atoms with E-state index in [1.165, 1.54) is 0 Å². The highest BCUT2D eigenvalue weighted by Gasteiger charge is 2.23. The molecule has 0 fully saturated rings. The van der Waals surface area contributed by atoms with Crippen LogP contribution in [0, 0.1) is 5.41 Å². The fourth-order valence-corrected chi connectivity index (χ4v) is 4.56. The maximum absolute atomic E-state index is 13.3. The van der Waals surface area contributed by atoms with Crippen LogP contribution in [0.15, 0.2) is 66.7 Å². The summed E-state index contributed by atoms with van der Waals surface area (Å²) in [6.07, 6.45) is 2.59. The van der Waals surface area contributed by atoms with Gasteiger partial charge in [-0.2, -0.15) is 0 Å². The van der Waals surface area contributed by atoms with Crippen molar-refractivity contribution < 1.29 is 9.90 Å². The molecule has 4 aromatic rings. The van der Waals surface area contributed by atoms with Crippen LogP contribution in [0.25, 0.3) is 11.0 Å². The van der Waals surface area contributed by atoms with Gasteiger partial charge in [-0.05, 0) is 60.2 Å². The molecule has 0 spiro atoms. The second kappa shape index (κ2) is 8.55. The molecule has 2 N–H and O–H groups in total. The second-order valence-electron chi connectivity index (χ2n) is 7.84. The molecular formula is C25H24BrN3O2. The summed E-state index contributed by atoms with van der Waals surface area (Å²) < 4.78 is 3.73. The largest absolute Gasteiger partial charge is 0.508 e. The number of phenolic OH excluding ortho intramolecular Hbond substituents is 1. The lowest BCUT2D eigenvalue weighted by Gasteiger charge is -2.10. The first-order chi connectivity index (χ1) is 14.6. The number of phenols is 1. The first-order valence-electron chi connectivity index (χ1n) is 10.3. The van der Waals surface area contributed by atoms with Crippen molar-refractivity contribution in [3.05, 3.63) is 94.6 Å². The number of carbonyl (C=O) groups is 1. The van der Waals surface area contributed by atoms with Crippen LogP contribution in [0.5, 0.6) is 5.75 Å². The number of imidazole rings is 1. The number of ketones is 1. The Morgan fingerprint density at radius 3 is 2.26 bits per heavy atom. The summed E-state index contributed by atoms with van der Waals surface area (Å²) in [5.41, 5.74) is 5.79. The lowest BCUT2D eigenvalue weighted by molar-refractivity contribution is 0.0970. The van der Waals surface area contributed by atoms with Crippen LogP contribution in [0.1, 0.15) is 33.5 Å². The highest BCUT2D eigenvalue weighted by Crippen LogP contribution is 2.33. The molecule has 0 saturated heterocycles. The Kier molecular flexibility index (Phi) is 5.83. The van der Waals surface area contributed by atoms with Gasteiger partial charge in [0, 0.05) is 5.56 Å². The van der Waals surface area contributed by atoms with E-state index in [1.807, 2.05) is 59.2 Å². The van der Waals surface area contributed by atoms with Crippen molar-refractivity contribution in [3.63, 3.8) is 0 Å². The van der Waals surface area contributed by atoms with Crippen LogP contribution in [0.2, 0.25) is 0 Å². The quantitative estimate of drug-likeness (QED) is 0.411. The predicted octanol–water partition coefficient (Wildman–Crippen LogP) is 4.63. The zero-order chi connectivity index (χ0) is 20.7. The van der Waals surface area contributed by atoms with Crippen molar-refractivity contribution >= 4 is 33.8 Å². The molecule has 31 heavy (non-hydrogen) atoms. The molecule has 0 unspecified atom stereocenters. The SMILES string of the molecule is Br.N=c1n(CC(=O)c2ccc(O)c3c2CCC3)c2ccccc2n1Cc1ccccc1. The first-order valence-corrected chi connectivity index (χ1v) is 10.3. The van der Waals surface area contributed by atoms with Gasteiger partial charge in [-0.1, -0.05) is 42.5 Å². The number of nitrogens with zero attached hydrogens (tertiary/aromatic N) is 2. The molecule has 6 heteroatoms. The average molecular weight is 478 g/mol. The molecular weight excluding hydrogens is 454 g/mol. The zero-order valence-corrected chi connectivity index (χ0v) is 18.8. The number of nitrogens with one attached hydrogen (secondary N) is 1. The van der Waals surface area contributed by atoms with E-state index in [9.17, 15) is 9.90 Å². The maximum atomic E-state index is 13.3. The van der Waals surface area contributed by atoms with Gasteiger partial charge in [0.2, 0.25) is 5.62 Å². The molecule has 1 aliphatic carbocycles. The van der Waals surface area contributed by atoms with Crippen LogP contribution < -0.4 is 5.62 Å². The first kappa shape index (κ1) is 21.1. The number of benzene rings is 3. The summed E-state index contributed by atoms with van der Waals surface area (Å²) in [5, 5.41) is 18.9. The minimum atomic E-state index is -0.0192. The second-order valence-corrected chi connectivity index (χ2v) is 7.84. The summed E-state index contributed by atoms with van der Waals surface area (Å²) in [4.78, 5) is 13.3. The Balaban J connectivity index is 0.00000231. The highest BCUT2D eigenvalue weighted by molar-refractivity contribution is 8.93. The summed E-state index contributed by atoms with van der Waals surface area (Å²) in [6.45, 7) is 0.689. The molecule has 0 atom stereocenters. The van der Waals surface area contributed by atoms with Gasteiger partial charge in [0.05, 0.1) is 24.1 Å². The molecule has 0 amide bonds. The van der Waals surface area contributed by atoms with Gasteiger partial charge in [0.25, 0.3) is 0 Å². The van der Waals surface area contributed by atoms with Crippen molar-refractivity contribution in [3.8, 4) is 5.75 Å². The number of hydrogen-bond acceptors (Lipinski definition) is 3. The Bertz CT molecular complexity index is 1320. The molecule has 0 radical (unpaired) electrons. The smallest absolute Gasteiger partial charge is 0.203 e. The number of aromatic hydroxyl groups is 1. The van der Waals surface area contributed by atoms with Gasteiger partial charge in [-0.15, -0.1) is 17.0 Å². The van der Waals surface area contributed by atoms with Crippen molar-refractivity contribution in [1.82, 2.24) is 9.13 Å². The number of fused-ring (bicyclic) bond motifs is 2. The number of rotatable bonds is 5. The molecule has 3 aromatic carbocycles. The molecule has 5 nitrogen and oxygen atoms in total. The molecule has 1 aromatic heterocycles. The third-order valence-electron chi connectivity index (χ3n) is 6.02. The number of Topliss-reactive ketones (excluding diaryl/α,β-unsaturated/α-hetero) is 1. The summed E-state index contributed by atoms with van der Waals surface area (Å²) in [6, 6.07) is 21.3. The number of carbonyl (C=O) groups excluding carboxylic acids is 1. The lowest BCUT2D eigenvalue weighted by Crippen LogP contribution is -2.28. The summed E-state index contributed by atoms with van der Waals surface area (Å²) >= 11 is 0. The topological polar surface area (TPSA) is 71.0 Å². The molecule has 1 aliphatic rings. The van der Waals surface area contributed by atoms with Gasteiger partial charge in [0.15, 0.2) is 5.78 Å². The van der Waals surface area contributed by atoms with E-state index in [2.05, 4.69) is 0 Å². The van der Waals surface area contributed by atoms with Gasteiger partial charge >= 0.3 is 0 Å². The van der Waals surface area contributed by atoms with Crippen LogP contribution in [0.4, 0.5) is 0 Å². The fraction of sp³-hybridized carbons (Fsp3) is 0.200. The molecule has 158 valence electrons. The Morgan fingerprint density at radius 1 is 0.871 bits per heavy atom. The Hall–Kier alpha value is -3.12. The third kappa shape index (κ3) is 3.72. The van der Waals surface area contributed by atoms with Crippen molar-refractivity contribution in [2.75, 3.05) is 0 Å². The summed E-state index contributed by atoms with van der Waals surface area (Å²) in [7, 11) is 0. The average Bonchev–Trinajstić information content (AvgIpc) is 3.35. The van der Waals surface area contributed by atoms with E-state index in [-0.39, 0.29) is 35.1 Å². The normalized spacial score (nSPS) is 12.5. The van der Waals surface area contributed by atoms with Gasteiger partial charge < -0.3 is 14.2 Å². The maximum Gasteiger partial charge on any atom is 0.203 e. The predicted molar refractivity (Wildman–Crippen MR) is 126 cm³/mol. The van der Waals surface area contributed by atoms with E-state index in [1.54, 1.807) is 16.7 Å². The van der Waals surface area contributed by atoms with Crippen LogP contribution in [-0.4, -0.2) is 20.0 Å². The van der Waals surface area contributed by atoms with E-state index in [4.69, 9.17) is 5.41 Å². The number of para-hydroxylation sites is 2. The molecule has 1 heterocycles. The van der Waals surface area contributed by atoms with Gasteiger partial charge in [0.1, 0.15) is 5.75 Å². The van der Waals surface area contributed by atoms with E-state index < -0.39 is 0 Å². The molecule has 0 bridgehead atoms. The fourth-order valence-electron chi connectivity index (χ4n) is 4.56. The third-order valence-corrected chi connectivity index (χ3v) is 6.02. The van der Waals surface area contributed by atoms with Crippen LogP contribution in [-0.2, 0) is 25.9 Å².